The molecule has 4 heteroatoms. The van der Waals surface area contributed by atoms with E-state index in [-0.39, 0.29) is 12.1 Å². The molecule has 1 aromatic carbocycles. The molecule has 2 aromatic rings. The standard InChI is InChI=1S/C14H20N2O2/c1-10-16-12-5-4-11(8-13(12)18-10)6-7-15-14(2,3)9-17/h4-5,8,15,17H,6-7,9H2,1-3H3. The molecule has 18 heavy (non-hydrogen) atoms. The minimum Gasteiger partial charge on any atom is -0.441 e. The number of benzene rings is 1. The van der Waals surface area contributed by atoms with Crippen molar-refractivity contribution in [3.63, 3.8) is 0 Å². The fourth-order valence-corrected chi connectivity index (χ4v) is 1.84. The second-order valence-corrected chi connectivity index (χ2v) is 5.25. The van der Waals surface area contributed by atoms with Crippen LogP contribution in [0.15, 0.2) is 22.6 Å². The number of aliphatic hydroxyl groups excluding tert-OH is 1. The summed E-state index contributed by atoms with van der Waals surface area (Å²) in [4.78, 5) is 4.27. The van der Waals surface area contributed by atoms with Crippen molar-refractivity contribution in [1.29, 1.82) is 0 Å². The van der Waals surface area contributed by atoms with Gasteiger partial charge in [-0.25, -0.2) is 4.98 Å². The molecule has 0 unspecified atom stereocenters. The number of hydrogen-bond acceptors (Lipinski definition) is 4. The summed E-state index contributed by atoms with van der Waals surface area (Å²) in [6, 6.07) is 6.08. The first-order chi connectivity index (χ1) is 8.50. The van der Waals surface area contributed by atoms with Crippen LogP contribution in [-0.2, 0) is 6.42 Å². The average molecular weight is 248 g/mol. The summed E-state index contributed by atoms with van der Waals surface area (Å²) in [5.41, 5.74) is 2.72. The second kappa shape index (κ2) is 5.08. The average Bonchev–Trinajstić information content (AvgIpc) is 2.68. The molecule has 0 aliphatic rings. The first-order valence-corrected chi connectivity index (χ1v) is 6.22. The van der Waals surface area contributed by atoms with Crippen LogP contribution < -0.4 is 5.32 Å². The molecular weight excluding hydrogens is 228 g/mol. The maximum absolute atomic E-state index is 9.15. The number of hydrogen-bond donors (Lipinski definition) is 2. The molecule has 0 spiro atoms. The van der Waals surface area contributed by atoms with Gasteiger partial charge in [0.05, 0.1) is 6.61 Å². The molecule has 4 nitrogen and oxygen atoms in total. The Bertz CT molecular complexity index is 532. The van der Waals surface area contributed by atoms with Gasteiger partial charge in [-0.2, -0.15) is 0 Å². The van der Waals surface area contributed by atoms with E-state index in [0.717, 1.165) is 24.1 Å². The Balaban J connectivity index is 1.99. The van der Waals surface area contributed by atoms with Crippen molar-refractivity contribution >= 4 is 11.1 Å². The summed E-state index contributed by atoms with van der Waals surface area (Å²) in [7, 11) is 0. The van der Waals surface area contributed by atoms with E-state index in [1.165, 1.54) is 5.56 Å². The quantitative estimate of drug-likeness (QED) is 0.850. The first-order valence-electron chi connectivity index (χ1n) is 6.22. The molecule has 0 atom stereocenters. The van der Waals surface area contributed by atoms with Crippen LogP contribution in [0.1, 0.15) is 25.3 Å². The van der Waals surface area contributed by atoms with Crippen molar-refractivity contribution in [3.05, 3.63) is 29.7 Å². The molecule has 1 aromatic heterocycles. The SMILES string of the molecule is Cc1nc2ccc(CCNC(C)(C)CO)cc2o1. The number of fused-ring (bicyclic) bond motifs is 1. The highest BCUT2D eigenvalue weighted by Gasteiger charge is 2.14. The molecule has 2 N–H and O–H groups in total. The molecule has 98 valence electrons. The molecule has 0 saturated heterocycles. The van der Waals surface area contributed by atoms with Crippen LogP contribution in [0.5, 0.6) is 0 Å². The molecule has 0 bridgehead atoms. The predicted molar refractivity (Wildman–Crippen MR) is 71.6 cm³/mol. The van der Waals surface area contributed by atoms with E-state index in [2.05, 4.69) is 16.4 Å². The Labute approximate surface area is 107 Å². The third-order valence-electron chi connectivity index (χ3n) is 2.97. The Morgan fingerprint density at radius 1 is 1.39 bits per heavy atom. The van der Waals surface area contributed by atoms with Crippen molar-refractivity contribution in [2.75, 3.05) is 13.2 Å². The molecular formula is C14H20N2O2. The summed E-state index contributed by atoms with van der Waals surface area (Å²) in [6.45, 7) is 6.77. The highest BCUT2D eigenvalue weighted by atomic mass is 16.3. The first kappa shape index (κ1) is 13.1. The van der Waals surface area contributed by atoms with E-state index >= 15 is 0 Å². The van der Waals surface area contributed by atoms with Crippen LogP contribution in [0.2, 0.25) is 0 Å². The van der Waals surface area contributed by atoms with Crippen molar-refractivity contribution in [3.8, 4) is 0 Å². The van der Waals surface area contributed by atoms with E-state index < -0.39 is 0 Å². The minimum absolute atomic E-state index is 0.132. The van der Waals surface area contributed by atoms with Crippen molar-refractivity contribution in [2.45, 2.75) is 32.7 Å². The van der Waals surface area contributed by atoms with Gasteiger partial charge in [0.2, 0.25) is 0 Å². The third kappa shape index (κ3) is 3.09. The van der Waals surface area contributed by atoms with Crippen LogP contribution in [0.4, 0.5) is 0 Å². The summed E-state index contributed by atoms with van der Waals surface area (Å²) in [5.74, 6) is 0.696. The molecule has 0 amide bonds. The topological polar surface area (TPSA) is 58.3 Å². The van der Waals surface area contributed by atoms with Gasteiger partial charge in [-0.15, -0.1) is 0 Å². The van der Waals surface area contributed by atoms with Gasteiger partial charge in [0.25, 0.3) is 0 Å². The molecule has 1 heterocycles. The lowest BCUT2D eigenvalue weighted by Gasteiger charge is -2.23. The van der Waals surface area contributed by atoms with E-state index in [1.807, 2.05) is 32.9 Å². The molecule has 0 aliphatic carbocycles. The largest absolute Gasteiger partial charge is 0.441 e. The summed E-state index contributed by atoms with van der Waals surface area (Å²) < 4.78 is 5.51. The van der Waals surface area contributed by atoms with Crippen LogP contribution >= 0.6 is 0 Å². The Hall–Kier alpha value is -1.39. The predicted octanol–water partition coefficient (Wildman–Crippen LogP) is 2.04. The van der Waals surface area contributed by atoms with Gasteiger partial charge in [-0.3, -0.25) is 0 Å². The van der Waals surface area contributed by atoms with Gasteiger partial charge >= 0.3 is 0 Å². The third-order valence-corrected chi connectivity index (χ3v) is 2.97. The fraction of sp³-hybridized carbons (Fsp3) is 0.500. The highest BCUT2D eigenvalue weighted by Crippen LogP contribution is 2.17. The van der Waals surface area contributed by atoms with Crippen molar-refractivity contribution in [1.82, 2.24) is 10.3 Å². The lowest BCUT2D eigenvalue weighted by atomic mass is 10.1. The lowest BCUT2D eigenvalue weighted by molar-refractivity contribution is 0.189. The zero-order valence-corrected chi connectivity index (χ0v) is 11.2. The van der Waals surface area contributed by atoms with Gasteiger partial charge in [-0.1, -0.05) is 6.07 Å². The van der Waals surface area contributed by atoms with Gasteiger partial charge in [0.15, 0.2) is 11.5 Å². The number of aromatic nitrogens is 1. The van der Waals surface area contributed by atoms with Crippen LogP contribution in [0.3, 0.4) is 0 Å². The number of nitrogens with one attached hydrogen (secondary N) is 1. The molecule has 0 fully saturated rings. The maximum atomic E-state index is 9.15. The molecule has 2 rings (SSSR count). The van der Waals surface area contributed by atoms with E-state index in [4.69, 9.17) is 9.52 Å². The van der Waals surface area contributed by atoms with Gasteiger partial charge in [-0.05, 0) is 44.5 Å². The minimum atomic E-state index is -0.229. The number of oxazole rings is 1. The van der Waals surface area contributed by atoms with Crippen molar-refractivity contribution in [2.24, 2.45) is 0 Å². The Morgan fingerprint density at radius 3 is 2.89 bits per heavy atom. The monoisotopic (exact) mass is 248 g/mol. The summed E-state index contributed by atoms with van der Waals surface area (Å²) in [5, 5.41) is 12.5. The van der Waals surface area contributed by atoms with Crippen LogP contribution in [-0.4, -0.2) is 28.8 Å². The molecule has 0 saturated carbocycles. The van der Waals surface area contributed by atoms with Gasteiger partial charge in [0, 0.05) is 12.5 Å². The van der Waals surface area contributed by atoms with Gasteiger partial charge < -0.3 is 14.8 Å². The van der Waals surface area contributed by atoms with Crippen LogP contribution in [0, 0.1) is 6.92 Å². The number of aliphatic hydroxyl groups is 1. The van der Waals surface area contributed by atoms with E-state index in [9.17, 15) is 0 Å². The lowest BCUT2D eigenvalue weighted by Crippen LogP contribution is -2.43. The summed E-state index contributed by atoms with van der Waals surface area (Å²) in [6.07, 6.45) is 0.902. The van der Waals surface area contributed by atoms with E-state index in [1.54, 1.807) is 0 Å². The molecule has 0 radical (unpaired) electrons. The molecule has 0 aliphatic heterocycles. The maximum Gasteiger partial charge on any atom is 0.192 e. The number of rotatable bonds is 5. The highest BCUT2D eigenvalue weighted by molar-refractivity contribution is 5.73. The van der Waals surface area contributed by atoms with Crippen molar-refractivity contribution < 1.29 is 9.52 Å². The Morgan fingerprint density at radius 2 is 2.17 bits per heavy atom. The van der Waals surface area contributed by atoms with E-state index in [0.29, 0.717) is 5.89 Å². The summed E-state index contributed by atoms with van der Waals surface area (Å²) >= 11 is 0. The fourth-order valence-electron chi connectivity index (χ4n) is 1.84. The van der Waals surface area contributed by atoms with Crippen LogP contribution in [0.25, 0.3) is 11.1 Å². The van der Waals surface area contributed by atoms with Gasteiger partial charge in [0.1, 0.15) is 5.52 Å². The zero-order valence-electron chi connectivity index (χ0n) is 11.2. The smallest absolute Gasteiger partial charge is 0.192 e. The number of nitrogens with zero attached hydrogens (tertiary/aromatic N) is 1. The zero-order chi connectivity index (χ0) is 13.2. The normalized spacial score (nSPS) is 12.2. The number of aryl methyl sites for hydroxylation is 1. The Kier molecular flexibility index (Phi) is 3.68. The second-order valence-electron chi connectivity index (χ2n) is 5.25.